The van der Waals surface area contributed by atoms with Gasteiger partial charge in [-0.3, -0.25) is 14.4 Å². The Bertz CT molecular complexity index is 1460. The van der Waals surface area contributed by atoms with Gasteiger partial charge in [-0.2, -0.15) is 0 Å². The summed E-state index contributed by atoms with van der Waals surface area (Å²) in [6.07, 6.45) is 7.16. The standard InChI is InChI=1S/C31H40F3N3O5Si/c1-7-8-12-41-28-26-30(40)37-16-20(10-9-11-21(37)18-42-43(5,6)31(2,3)4)36(26)17-23(27(28)38)29(39)35-15-22-24(33)13-19(32)14-25(22)34/h9,11,13-14,17,20-21H,7-8,10,12,15-16,18H2,1-6H3,(H,35,39)/t20-,21+/m0/s1. The van der Waals surface area contributed by atoms with Crippen LogP contribution in [0.4, 0.5) is 13.2 Å². The molecule has 12 heteroatoms. The van der Waals surface area contributed by atoms with Gasteiger partial charge < -0.3 is 23.9 Å². The second kappa shape index (κ2) is 12.7. The molecule has 2 amide bonds. The molecular formula is C31H40F3N3O5Si. The van der Waals surface area contributed by atoms with Crippen LogP contribution in [0.25, 0.3) is 0 Å². The average molecular weight is 620 g/mol. The van der Waals surface area contributed by atoms with Crippen molar-refractivity contribution < 1.29 is 31.9 Å². The lowest BCUT2D eigenvalue weighted by atomic mass is 10.1. The van der Waals surface area contributed by atoms with Crippen LogP contribution in [-0.2, 0) is 11.0 Å². The van der Waals surface area contributed by atoms with Gasteiger partial charge in [0.1, 0.15) is 23.0 Å². The average Bonchev–Trinajstić information content (AvgIpc) is 3.11. The molecule has 2 bridgehead atoms. The summed E-state index contributed by atoms with van der Waals surface area (Å²) in [7, 11) is -2.11. The highest BCUT2D eigenvalue weighted by molar-refractivity contribution is 6.74. The third-order valence-electron chi connectivity index (χ3n) is 8.56. The molecule has 234 valence electrons. The number of hydrogen-bond acceptors (Lipinski definition) is 5. The summed E-state index contributed by atoms with van der Waals surface area (Å²) in [6.45, 7) is 12.9. The highest BCUT2D eigenvalue weighted by Gasteiger charge is 2.42. The van der Waals surface area contributed by atoms with Gasteiger partial charge in [-0.1, -0.05) is 46.3 Å². The van der Waals surface area contributed by atoms with Crippen LogP contribution in [0, 0.1) is 17.5 Å². The number of unbranched alkanes of at least 4 members (excludes halogenated alkanes) is 1. The maximum absolute atomic E-state index is 14.2. The fourth-order valence-electron chi connectivity index (χ4n) is 4.88. The summed E-state index contributed by atoms with van der Waals surface area (Å²) in [5.41, 5.74) is -1.61. The van der Waals surface area contributed by atoms with E-state index in [-0.39, 0.29) is 40.7 Å². The van der Waals surface area contributed by atoms with Crippen LogP contribution in [0.15, 0.2) is 35.3 Å². The molecular weight excluding hydrogens is 579 g/mol. The van der Waals surface area contributed by atoms with Gasteiger partial charge in [0, 0.05) is 37.0 Å². The monoisotopic (exact) mass is 619 g/mol. The normalized spacial score (nSPS) is 18.3. The van der Waals surface area contributed by atoms with Crippen molar-refractivity contribution >= 4 is 20.1 Å². The number of aromatic nitrogens is 1. The number of nitrogens with one attached hydrogen (secondary N) is 1. The number of ether oxygens (including phenoxy) is 1. The van der Waals surface area contributed by atoms with E-state index in [1.54, 1.807) is 9.47 Å². The van der Waals surface area contributed by atoms with E-state index in [1.807, 2.05) is 19.1 Å². The van der Waals surface area contributed by atoms with E-state index in [4.69, 9.17) is 9.16 Å². The van der Waals surface area contributed by atoms with Crippen molar-refractivity contribution in [2.45, 2.75) is 83.7 Å². The summed E-state index contributed by atoms with van der Waals surface area (Å²) in [4.78, 5) is 42.6. The number of nitrogens with zero attached hydrogens (tertiary/aromatic N) is 2. The second-order valence-corrected chi connectivity index (χ2v) is 17.4. The van der Waals surface area contributed by atoms with Crippen molar-refractivity contribution in [3.05, 3.63) is 75.0 Å². The third kappa shape index (κ3) is 6.74. The first-order chi connectivity index (χ1) is 20.2. The van der Waals surface area contributed by atoms with Gasteiger partial charge in [0.05, 0.1) is 25.3 Å². The minimum absolute atomic E-state index is 0.0126. The van der Waals surface area contributed by atoms with Crippen LogP contribution < -0.4 is 15.5 Å². The summed E-state index contributed by atoms with van der Waals surface area (Å²) in [5, 5.41) is 2.34. The molecule has 3 heterocycles. The Morgan fingerprint density at radius 1 is 1.14 bits per heavy atom. The summed E-state index contributed by atoms with van der Waals surface area (Å²) >= 11 is 0. The van der Waals surface area contributed by atoms with E-state index in [0.717, 1.165) is 6.42 Å². The van der Waals surface area contributed by atoms with Crippen LogP contribution in [0.5, 0.6) is 5.75 Å². The van der Waals surface area contributed by atoms with Crippen LogP contribution in [0.2, 0.25) is 18.1 Å². The molecule has 0 saturated heterocycles. The predicted molar refractivity (Wildman–Crippen MR) is 159 cm³/mol. The zero-order valence-electron chi connectivity index (χ0n) is 25.6. The number of benzene rings is 1. The molecule has 2 atom stereocenters. The van der Waals surface area contributed by atoms with Gasteiger partial charge in [-0.05, 0) is 31.0 Å². The number of allylic oxidation sites excluding steroid dienone is 1. The summed E-state index contributed by atoms with van der Waals surface area (Å²) in [6, 6.07) is 0.385. The molecule has 4 rings (SSSR count). The first-order valence-corrected chi connectivity index (χ1v) is 17.5. The zero-order chi connectivity index (χ0) is 31.7. The zero-order valence-corrected chi connectivity index (χ0v) is 26.6. The number of carbonyl (C=O) groups is 2. The lowest BCUT2D eigenvalue weighted by molar-refractivity contribution is 0.0555. The number of rotatable bonds is 10. The maximum Gasteiger partial charge on any atom is 0.275 e. The Morgan fingerprint density at radius 2 is 1.81 bits per heavy atom. The highest BCUT2D eigenvalue weighted by Crippen LogP contribution is 2.38. The van der Waals surface area contributed by atoms with Crippen molar-refractivity contribution in [2.24, 2.45) is 0 Å². The van der Waals surface area contributed by atoms with Gasteiger partial charge >= 0.3 is 0 Å². The van der Waals surface area contributed by atoms with E-state index in [1.165, 1.54) is 6.20 Å². The summed E-state index contributed by atoms with van der Waals surface area (Å²) < 4.78 is 55.6. The molecule has 8 nitrogen and oxygen atoms in total. The smallest absolute Gasteiger partial charge is 0.275 e. The quantitative estimate of drug-likeness (QED) is 0.209. The fourth-order valence-corrected chi connectivity index (χ4v) is 5.90. The van der Waals surface area contributed by atoms with Gasteiger partial charge in [0.25, 0.3) is 11.8 Å². The number of hydrogen-bond donors (Lipinski definition) is 1. The van der Waals surface area contributed by atoms with E-state index in [2.05, 4.69) is 39.2 Å². The molecule has 2 aliphatic rings. The molecule has 0 saturated carbocycles. The predicted octanol–water partition coefficient (Wildman–Crippen LogP) is 5.72. The molecule has 0 unspecified atom stereocenters. The Hall–Kier alpha value is -3.38. The minimum atomic E-state index is -2.11. The molecule has 1 aromatic carbocycles. The maximum atomic E-state index is 14.2. The van der Waals surface area contributed by atoms with E-state index >= 15 is 0 Å². The number of pyridine rings is 1. The van der Waals surface area contributed by atoms with Crippen LogP contribution >= 0.6 is 0 Å². The number of fused-ring (bicyclic) bond motifs is 4. The SMILES string of the molecule is CCCCOc1c2n(cc(C(=O)NCc3c(F)cc(F)cc3F)c1=O)[C@H]1CC=C[C@H](CO[Si](C)(C)C(C)(C)C)N(C1)C2=O. The van der Waals surface area contributed by atoms with Crippen molar-refractivity contribution in [1.29, 1.82) is 0 Å². The Morgan fingerprint density at radius 3 is 2.44 bits per heavy atom. The van der Waals surface area contributed by atoms with Crippen LogP contribution in [-0.4, -0.2) is 55.4 Å². The lowest BCUT2D eigenvalue weighted by Crippen LogP contribution is -2.51. The fraction of sp³-hybridized carbons (Fsp3) is 0.516. The summed E-state index contributed by atoms with van der Waals surface area (Å²) in [5.74, 6) is -4.94. The molecule has 2 aromatic rings. The van der Waals surface area contributed by atoms with Gasteiger partial charge in [0.15, 0.2) is 19.8 Å². The van der Waals surface area contributed by atoms with Crippen LogP contribution in [0.3, 0.4) is 0 Å². The first kappa shape index (κ1) is 32.5. The van der Waals surface area contributed by atoms with Crippen molar-refractivity contribution in [3.63, 3.8) is 0 Å². The molecule has 1 aromatic heterocycles. The van der Waals surface area contributed by atoms with Gasteiger partial charge in [-0.15, -0.1) is 0 Å². The Labute approximate surface area is 251 Å². The molecule has 1 N–H and O–H groups in total. The van der Waals surface area contributed by atoms with Crippen molar-refractivity contribution in [2.75, 3.05) is 19.8 Å². The molecule has 0 aliphatic carbocycles. The number of carbonyl (C=O) groups excluding carboxylic acids is 2. The van der Waals surface area contributed by atoms with Gasteiger partial charge in [-0.25, -0.2) is 13.2 Å². The molecule has 0 fully saturated rings. The second-order valence-electron chi connectivity index (χ2n) is 12.6. The lowest BCUT2D eigenvalue weighted by Gasteiger charge is -2.41. The van der Waals surface area contributed by atoms with Crippen LogP contribution in [0.1, 0.15) is 79.4 Å². The Balaban J connectivity index is 1.68. The molecule has 43 heavy (non-hydrogen) atoms. The number of amides is 2. The van der Waals surface area contributed by atoms with Crippen molar-refractivity contribution in [3.8, 4) is 5.75 Å². The van der Waals surface area contributed by atoms with E-state index in [9.17, 15) is 27.6 Å². The largest absolute Gasteiger partial charge is 0.487 e. The molecule has 2 aliphatic heterocycles. The first-order valence-electron chi connectivity index (χ1n) is 14.6. The van der Waals surface area contributed by atoms with E-state index < -0.39 is 55.1 Å². The Kier molecular flexibility index (Phi) is 9.60. The molecule has 0 radical (unpaired) electrons. The number of halogens is 3. The molecule has 0 spiro atoms. The topological polar surface area (TPSA) is 89.9 Å². The van der Waals surface area contributed by atoms with Gasteiger partial charge in [0.2, 0.25) is 5.43 Å². The van der Waals surface area contributed by atoms with E-state index in [0.29, 0.717) is 38.1 Å². The van der Waals surface area contributed by atoms with Crippen molar-refractivity contribution in [1.82, 2.24) is 14.8 Å². The third-order valence-corrected chi connectivity index (χ3v) is 13.1. The minimum Gasteiger partial charge on any atom is -0.487 e. The highest BCUT2D eigenvalue weighted by atomic mass is 28.4.